The summed E-state index contributed by atoms with van der Waals surface area (Å²) in [6.07, 6.45) is 3.64. The summed E-state index contributed by atoms with van der Waals surface area (Å²) in [5, 5.41) is 0. The fourth-order valence-electron chi connectivity index (χ4n) is 2.60. The molecule has 2 aromatic rings. The molecule has 1 aromatic heterocycles. The normalized spacial score (nSPS) is 12.7. The molecule has 1 heterocycles. The fourth-order valence-corrected chi connectivity index (χ4v) is 2.60. The minimum Gasteiger partial charge on any atom is -0.348 e. The molecule has 0 aliphatic heterocycles. The summed E-state index contributed by atoms with van der Waals surface area (Å²) in [7, 11) is 0. The molecule has 0 saturated heterocycles. The molecule has 1 atom stereocenters. The van der Waals surface area contributed by atoms with Gasteiger partial charge in [0.15, 0.2) is 0 Å². The SMILES string of the molecule is Cc1cc(C)c(C)c(C(CN)c2ncc[nH]2)c1C. The molecular weight excluding hydrogens is 222 g/mol. The average molecular weight is 243 g/mol. The second kappa shape index (κ2) is 4.94. The van der Waals surface area contributed by atoms with Crippen LogP contribution in [0.1, 0.15) is 39.6 Å². The number of aryl methyl sites for hydroxylation is 2. The zero-order chi connectivity index (χ0) is 13.3. The summed E-state index contributed by atoms with van der Waals surface area (Å²) in [6, 6.07) is 2.24. The van der Waals surface area contributed by atoms with E-state index in [1.54, 1.807) is 6.20 Å². The molecule has 3 N–H and O–H groups in total. The highest BCUT2D eigenvalue weighted by atomic mass is 14.9. The number of nitrogens with two attached hydrogens (primary N) is 1. The Hall–Kier alpha value is -1.61. The fraction of sp³-hybridized carbons (Fsp3) is 0.400. The van der Waals surface area contributed by atoms with Crippen molar-refractivity contribution in [2.45, 2.75) is 33.6 Å². The highest BCUT2D eigenvalue weighted by molar-refractivity contribution is 5.47. The highest BCUT2D eigenvalue weighted by Crippen LogP contribution is 2.31. The molecule has 96 valence electrons. The van der Waals surface area contributed by atoms with Gasteiger partial charge in [-0.1, -0.05) is 6.07 Å². The first-order chi connectivity index (χ1) is 8.56. The minimum absolute atomic E-state index is 0.151. The number of imidazole rings is 1. The topological polar surface area (TPSA) is 54.7 Å². The lowest BCUT2D eigenvalue weighted by atomic mass is 9.85. The lowest BCUT2D eigenvalue weighted by Crippen LogP contribution is -2.18. The van der Waals surface area contributed by atoms with Crippen molar-refractivity contribution in [3.05, 3.63) is 52.1 Å². The van der Waals surface area contributed by atoms with Gasteiger partial charge in [0.25, 0.3) is 0 Å². The van der Waals surface area contributed by atoms with Crippen molar-refractivity contribution in [1.82, 2.24) is 9.97 Å². The number of hydrogen-bond acceptors (Lipinski definition) is 2. The van der Waals surface area contributed by atoms with Crippen LogP contribution in [0.2, 0.25) is 0 Å². The summed E-state index contributed by atoms with van der Waals surface area (Å²) in [4.78, 5) is 7.56. The molecule has 0 amide bonds. The van der Waals surface area contributed by atoms with E-state index >= 15 is 0 Å². The maximum atomic E-state index is 5.97. The molecular formula is C15H21N3. The van der Waals surface area contributed by atoms with Crippen molar-refractivity contribution in [2.75, 3.05) is 6.54 Å². The van der Waals surface area contributed by atoms with Gasteiger partial charge in [-0.25, -0.2) is 4.98 Å². The Bertz CT molecular complexity index is 515. The molecule has 0 bridgehead atoms. The smallest absolute Gasteiger partial charge is 0.114 e. The third-order valence-corrected chi connectivity index (χ3v) is 3.86. The molecule has 0 aliphatic rings. The van der Waals surface area contributed by atoms with Crippen LogP contribution in [-0.2, 0) is 0 Å². The average Bonchev–Trinajstić information content (AvgIpc) is 2.85. The molecule has 2 rings (SSSR count). The first-order valence-electron chi connectivity index (χ1n) is 6.33. The molecule has 0 radical (unpaired) electrons. The number of nitrogens with zero attached hydrogens (tertiary/aromatic N) is 1. The molecule has 3 heteroatoms. The van der Waals surface area contributed by atoms with Crippen molar-refractivity contribution in [3.8, 4) is 0 Å². The van der Waals surface area contributed by atoms with E-state index in [2.05, 4.69) is 43.7 Å². The second-order valence-corrected chi connectivity index (χ2v) is 4.94. The number of benzene rings is 1. The molecule has 0 spiro atoms. The van der Waals surface area contributed by atoms with Gasteiger partial charge in [-0.2, -0.15) is 0 Å². The number of aromatic nitrogens is 2. The predicted molar refractivity (Wildman–Crippen MR) is 74.9 cm³/mol. The van der Waals surface area contributed by atoms with Crippen LogP contribution in [0.5, 0.6) is 0 Å². The van der Waals surface area contributed by atoms with Crippen LogP contribution in [0.4, 0.5) is 0 Å². The Morgan fingerprint density at radius 1 is 1.17 bits per heavy atom. The Balaban J connectivity index is 2.62. The van der Waals surface area contributed by atoms with Crippen LogP contribution in [0.3, 0.4) is 0 Å². The van der Waals surface area contributed by atoms with Crippen LogP contribution in [-0.4, -0.2) is 16.5 Å². The Labute approximate surface area is 108 Å². The lowest BCUT2D eigenvalue weighted by molar-refractivity contribution is 0.751. The van der Waals surface area contributed by atoms with Crippen LogP contribution < -0.4 is 5.73 Å². The second-order valence-electron chi connectivity index (χ2n) is 4.94. The van der Waals surface area contributed by atoms with Gasteiger partial charge >= 0.3 is 0 Å². The molecule has 1 aromatic carbocycles. The van der Waals surface area contributed by atoms with Gasteiger partial charge < -0.3 is 10.7 Å². The third kappa shape index (κ3) is 2.06. The van der Waals surface area contributed by atoms with E-state index in [1.165, 1.54) is 27.8 Å². The molecule has 3 nitrogen and oxygen atoms in total. The van der Waals surface area contributed by atoms with Crippen molar-refractivity contribution in [3.63, 3.8) is 0 Å². The summed E-state index contributed by atoms with van der Waals surface area (Å²) in [5.41, 5.74) is 12.6. The van der Waals surface area contributed by atoms with E-state index in [9.17, 15) is 0 Å². The van der Waals surface area contributed by atoms with Gasteiger partial charge in [-0.05, 0) is 55.5 Å². The lowest BCUT2D eigenvalue weighted by Gasteiger charge is -2.21. The molecule has 0 saturated carbocycles. The van der Waals surface area contributed by atoms with Crippen LogP contribution in [0.25, 0.3) is 0 Å². The Kier molecular flexibility index (Phi) is 3.53. The van der Waals surface area contributed by atoms with Crippen molar-refractivity contribution < 1.29 is 0 Å². The van der Waals surface area contributed by atoms with Gasteiger partial charge in [0.2, 0.25) is 0 Å². The predicted octanol–water partition coefficient (Wildman–Crippen LogP) is 2.73. The number of aromatic amines is 1. The van der Waals surface area contributed by atoms with E-state index in [0.29, 0.717) is 6.54 Å². The van der Waals surface area contributed by atoms with Crippen LogP contribution in [0, 0.1) is 27.7 Å². The minimum atomic E-state index is 0.151. The van der Waals surface area contributed by atoms with Crippen molar-refractivity contribution >= 4 is 0 Å². The van der Waals surface area contributed by atoms with E-state index in [4.69, 9.17) is 5.73 Å². The summed E-state index contributed by atoms with van der Waals surface area (Å²) >= 11 is 0. The van der Waals surface area contributed by atoms with E-state index in [0.717, 1.165) is 5.82 Å². The van der Waals surface area contributed by atoms with Gasteiger partial charge in [0.05, 0.1) is 5.92 Å². The van der Waals surface area contributed by atoms with Crippen LogP contribution >= 0.6 is 0 Å². The first-order valence-corrected chi connectivity index (χ1v) is 6.33. The zero-order valence-electron chi connectivity index (χ0n) is 11.5. The van der Waals surface area contributed by atoms with Gasteiger partial charge in [-0.3, -0.25) is 0 Å². The zero-order valence-corrected chi connectivity index (χ0v) is 11.5. The van der Waals surface area contributed by atoms with E-state index in [-0.39, 0.29) is 5.92 Å². The maximum absolute atomic E-state index is 5.97. The molecule has 0 fully saturated rings. The van der Waals surface area contributed by atoms with Crippen molar-refractivity contribution in [2.24, 2.45) is 5.73 Å². The van der Waals surface area contributed by atoms with Gasteiger partial charge in [0.1, 0.15) is 5.82 Å². The third-order valence-electron chi connectivity index (χ3n) is 3.86. The monoisotopic (exact) mass is 243 g/mol. The molecule has 1 unspecified atom stereocenters. The summed E-state index contributed by atoms with van der Waals surface area (Å²) in [6.45, 7) is 9.21. The Morgan fingerprint density at radius 3 is 2.22 bits per heavy atom. The summed E-state index contributed by atoms with van der Waals surface area (Å²) < 4.78 is 0. The number of rotatable bonds is 3. The van der Waals surface area contributed by atoms with Gasteiger partial charge in [0, 0.05) is 18.9 Å². The van der Waals surface area contributed by atoms with E-state index in [1.807, 2.05) is 6.20 Å². The first kappa shape index (κ1) is 12.8. The summed E-state index contributed by atoms with van der Waals surface area (Å²) in [5.74, 6) is 1.10. The number of H-pyrrole nitrogens is 1. The molecule has 0 aliphatic carbocycles. The van der Waals surface area contributed by atoms with E-state index < -0.39 is 0 Å². The van der Waals surface area contributed by atoms with Crippen molar-refractivity contribution in [1.29, 1.82) is 0 Å². The quantitative estimate of drug-likeness (QED) is 0.871. The number of nitrogens with one attached hydrogen (secondary N) is 1. The largest absolute Gasteiger partial charge is 0.348 e. The highest BCUT2D eigenvalue weighted by Gasteiger charge is 2.20. The Morgan fingerprint density at radius 2 is 1.78 bits per heavy atom. The standard InChI is InChI=1S/C15H21N3/c1-9-7-10(2)12(4)14(11(9)3)13(8-16)15-17-5-6-18-15/h5-7,13H,8,16H2,1-4H3,(H,17,18). The number of hydrogen-bond donors (Lipinski definition) is 2. The van der Waals surface area contributed by atoms with Gasteiger partial charge in [-0.15, -0.1) is 0 Å². The molecule has 18 heavy (non-hydrogen) atoms. The van der Waals surface area contributed by atoms with Crippen LogP contribution in [0.15, 0.2) is 18.5 Å². The maximum Gasteiger partial charge on any atom is 0.114 e.